The van der Waals surface area contributed by atoms with Crippen molar-refractivity contribution in [3.63, 3.8) is 0 Å². The molecule has 23 heavy (non-hydrogen) atoms. The van der Waals surface area contributed by atoms with Crippen molar-refractivity contribution < 1.29 is 22.2 Å². The van der Waals surface area contributed by atoms with E-state index in [-0.39, 0.29) is 37.2 Å². The van der Waals surface area contributed by atoms with Gasteiger partial charge in [-0.05, 0) is 12.8 Å². The topological polar surface area (TPSA) is 114 Å². The van der Waals surface area contributed by atoms with E-state index in [0.717, 1.165) is 31.3 Å². The number of hydrogen-bond acceptors (Lipinski definition) is 6. The van der Waals surface area contributed by atoms with Gasteiger partial charge in [0, 0.05) is 24.0 Å². The fourth-order valence-corrected chi connectivity index (χ4v) is 4.68. The van der Waals surface area contributed by atoms with E-state index in [9.17, 15) is 18.0 Å². The second kappa shape index (κ2) is 8.20. The minimum atomic E-state index is -3.45. The number of carbonyl (C=O) groups is 2. The SMILES string of the molecule is CS(=O)(=O)OCCNC(=O)CCCC[C@@H]1SC[C@@H]2NC(=O)N[C@@H]21. The van der Waals surface area contributed by atoms with Crippen molar-refractivity contribution in [1.29, 1.82) is 0 Å². The summed E-state index contributed by atoms with van der Waals surface area (Å²) in [6, 6.07) is 0.353. The largest absolute Gasteiger partial charge is 0.354 e. The Morgan fingerprint density at radius 3 is 2.91 bits per heavy atom. The molecule has 2 heterocycles. The summed E-state index contributed by atoms with van der Waals surface area (Å²) in [4.78, 5) is 22.9. The van der Waals surface area contributed by atoms with Gasteiger partial charge in [-0.25, -0.2) is 4.79 Å². The maximum atomic E-state index is 11.6. The van der Waals surface area contributed by atoms with Gasteiger partial charge in [-0.2, -0.15) is 20.2 Å². The lowest BCUT2D eigenvalue weighted by Gasteiger charge is -2.16. The van der Waals surface area contributed by atoms with Crippen molar-refractivity contribution >= 4 is 33.8 Å². The van der Waals surface area contributed by atoms with E-state index >= 15 is 0 Å². The zero-order valence-corrected chi connectivity index (χ0v) is 14.7. The third kappa shape index (κ3) is 6.19. The smallest absolute Gasteiger partial charge is 0.315 e. The molecule has 2 fully saturated rings. The predicted molar refractivity (Wildman–Crippen MR) is 87.8 cm³/mol. The van der Waals surface area contributed by atoms with Crippen molar-refractivity contribution in [1.82, 2.24) is 16.0 Å². The number of nitrogens with one attached hydrogen (secondary N) is 3. The van der Waals surface area contributed by atoms with Crippen molar-refractivity contribution in [2.75, 3.05) is 25.2 Å². The molecule has 0 saturated carbocycles. The molecule has 0 aliphatic carbocycles. The normalized spacial score (nSPS) is 26.5. The molecule has 2 saturated heterocycles. The lowest BCUT2D eigenvalue weighted by atomic mass is 10.0. The van der Waals surface area contributed by atoms with Crippen LogP contribution >= 0.6 is 11.8 Å². The van der Waals surface area contributed by atoms with E-state index in [4.69, 9.17) is 0 Å². The lowest BCUT2D eigenvalue weighted by Crippen LogP contribution is -2.36. The van der Waals surface area contributed by atoms with Crippen LogP contribution in [-0.2, 0) is 19.1 Å². The lowest BCUT2D eigenvalue weighted by molar-refractivity contribution is -0.121. The second-order valence-electron chi connectivity index (χ2n) is 5.74. The number of amides is 3. The standard InChI is InChI=1S/C13H23N3O5S2/c1-23(19,20)21-7-6-14-11(17)5-3-2-4-10-12-9(8-22-10)15-13(18)16-12/h9-10,12H,2-8H2,1H3,(H,14,17)(H2,15,16,18)/t9-,10-,12-/m0/s1. The van der Waals surface area contributed by atoms with Crippen LogP contribution in [0.1, 0.15) is 25.7 Å². The third-order valence-electron chi connectivity index (χ3n) is 3.80. The van der Waals surface area contributed by atoms with Crippen LogP contribution in [-0.4, -0.2) is 62.8 Å². The molecule has 2 aliphatic heterocycles. The van der Waals surface area contributed by atoms with Gasteiger partial charge >= 0.3 is 6.03 Å². The Morgan fingerprint density at radius 1 is 1.39 bits per heavy atom. The molecular weight excluding hydrogens is 342 g/mol. The van der Waals surface area contributed by atoms with Gasteiger partial charge in [0.2, 0.25) is 5.91 Å². The van der Waals surface area contributed by atoms with E-state index in [1.807, 2.05) is 11.8 Å². The highest BCUT2D eigenvalue weighted by molar-refractivity contribution is 8.00. The summed E-state index contributed by atoms with van der Waals surface area (Å²) in [5.74, 6) is 0.837. The van der Waals surface area contributed by atoms with Crippen molar-refractivity contribution in [3.05, 3.63) is 0 Å². The number of hydrogen-bond donors (Lipinski definition) is 3. The van der Waals surface area contributed by atoms with E-state index < -0.39 is 10.1 Å². The van der Waals surface area contributed by atoms with Crippen LogP contribution in [0.4, 0.5) is 4.79 Å². The molecule has 0 aromatic rings. The van der Waals surface area contributed by atoms with E-state index in [1.165, 1.54) is 0 Å². The Labute approximate surface area is 140 Å². The number of urea groups is 1. The summed E-state index contributed by atoms with van der Waals surface area (Å²) in [7, 11) is -3.45. The Kier molecular flexibility index (Phi) is 6.54. The van der Waals surface area contributed by atoms with Crippen molar-refractivity contribution in [2.45, 2.75) is 43.0 Å². The van der Waals surface area contributed by atoms with Crippen LogP contribution in [0.25, 0.3) is 0 Å². The minimum Gasteiger partial charge on any atom is -0.354 e. The van der Waals surface area contributed by atoms with Crippen LogP contribution in [0, 0.1) is 0 Å². The van der Waals surface area contributed by atoms with Gasteiger partial charge in [0.05, 0.1) is 24.9 Å². The summed E-state index contributed by atoms with van der Waals surface area (Å²) in [6.07, 6.45) is 4.05. The van der Waals surface area contributed by atoms with E-state index in [1.54, 1.807) is 0 Å². The zero-order valence-electron chi connectivity index (χ0n) is 13.0. The van der Waals surface area contributed by atoms with Crippen LogP contribution in [0.2, 0.25) is 0 Å². The molecule has 0 bridgehead atoms. The Balaban J connectivity index is 1.52. The summed E-state index contributed by atoms with van der Waals surface area (Å²) in [5.41, 5.74) is 0. The Hall–Kier alpha value is -1.00. The molecule has 10 heteroatoms. The molecular formula is C13H23N3O5S2. The molecule has 2 rings (SSSR count). The van der Waals surface area contributed by atoms with Crippen molar-refractivity contribution in [2.24, 2.45) is 0 Å². The van der Waals surface area contributed by atoms with E-state index in [2.05, 4.69) is 20.1 Å². The van der Waals surface area contributed by atoms with Gasteiger partial charge in [-0.3, -0.25) is 8.98 Å². The number of rotatable bonds is 9. The first-order valence-corrected chi connectivity index (χ1v) is 10.5. The first kappa shape index (κ1) is 18.3. The van der Waals surface area contributed by atoms with Crippen LogP contribution in [0.15, 0.2) is 0 Å². The average Bonchev–Trinajstić information content (AvgIpc) is 2.98. The zero-order chi connectivity index (χ0) is 16.9. The van der Waals surface area contributed by atoms with Gasteiger partial charge in [-0.15, -0.1) is 0 Å². The highest BCUT2D eigenvalue weighted by Crippen LogP contribution is 2.33. The van der Waals surface area contributed by atoms with Gasteiger partial charge < -0.3 is 16.0 Å². The minimum absolute atomic E-state index is 0.0426. The molecule has 0 spiro atoms. The van der Waals surface area contributed by atoms with Gasteiger partial charge in [0.25, 0.3) is 10.1 Å². The van der Waals surface area contributed by atoms with Crippen LogP contribution in [0.3, 0.4) is 0 Å². The second-order valence-corrected chi connectivity index (χ2v) is 8.66. The highest BCUT2D eigenvalue weighted by Gasteiger charge is 2.42. The average molecular weight is 365 g/mol. The molecule has 132 valence electrons. The molecule has 3 N–H and O–H groups in total. The number of fused-ring (bicyclic) bond motifs is 1. The van der Waals surface area contributed by atoms with Gasteiger partial charge in [0.15, 0.2) is 0 Å². The molecule has 0 aromatic carbocycles. The van der Waals surface area contributed by atoms with E-state index in [0.29, 0.717) is 11.7 Å². The molecule has 0 radical (unpaired) electrons. The van der Waals surface area contributed by atoms with Gasteiger partial charge in [0.1, 0.15) is 0 Å². The Bertz CT molecular complexity index is 540. The van der Waals surface area contributed by atoms with Crippen LogP contribution < -0.4 is 16.0 Å². The number of thioether (sulfide) groups is 1. The highest BCUT2D eigenvalue weighted by atomic mass is 32.2. The van der Waals surface area contributed by atoms with Crippen molar-refractivity contribution in [3.8, 4) is 0 Å². The molecule has 3 amide bonds. The molecule has 8 nitrogen and oxygen atoms in total. The molecule has 3 atom stereocenters. The first-order valence-electron chi connectivity index (χ1n) is 7.65. The fraction of sp³-hybridized carbons (Fsp3) is 0.846. The predicted octanol–water partition coefficient (Wildman–Crippen LogP) is -0.195. The first-order chi connectivity index (χ1) is 10.8. The summed E-state index contributed by atoms with van der Waals surface area (Å²) < 4.78 is 26.0. The van der Waals surface area contributed by atoms with Crippen LogP contribution in [0.5, 0.6) is 0 Å². The Morgan fingerprint density at radius 2 is 2.17 bits per heavy atom. The number of carbonyl (C=O) groups excluding carboxylic acids is 2. The fourth-order valence-electron chi connectivity index (χ4n) is 2.75. The monoisotopic (exact) mass is 365 g/mol. The van der Waals surface area contributed by atoms with Gasteiger partial charge in [-0.1, -0.05) is 6.42 Å². The maximum absolute atomic E-state index is 11.6. The summed E-state index contributed by atoms with van der Waals surface area (Å²) in [6.45, 7) is 0.144. The molecule has 2 aliphatic rings. The third-order valence-corrected chi connectivity index (χ3v) is 5.91. The summed E-state index contributed by atoms with van der Waals surface area (Å²) in [5, 5.41) is 8.89. The quantitative estimate of drug-likeness (QED) is 0.296. The maximum Gasteiger partial charge on any atom is 0.315 e. The molecule has 0 aromatic heterocycles. The summed E-state index contributed by atoms with van der Waals surface area (Å²) >= 11 is 1.86. The number of unbranched alkanes of at least 4 members (excludes halogenated alkanes) is 1. The molecule has 0 unspecified atom stereocenters.